The van der Waals surface area contributed by atoms with Crippen LogP contribution < -0.4 is 0 Å². The number of nitrogens with zero attached hydrogens (tertiary/aromatic N) is 1. The Kier molecular flexibility index (Phi) is 4.50. The molecule has 1 saturated carbocycles. The number of carbonyl (C=O) groups is 1. The average Bonchev–Trinajstić information content (AvgIpc) is 2.51. The van der Waals surface area contributed by atoms with Crippen molar-refractivity contribution in [1.82, 2.24) is 4.90 Å². The van der Waals surface area contributed by atoms with Crippen LogP contribution in [-0.2, 0) is 10.2 Å². The van der Waals surface area contributed by atoms with Crippen molar-refractivity contribution < 1.29 is 9.90 Å². The molecule has 1 aliphatic heterocycles. The van der Waals surface area contributed by atoms with Gasteiger partial charge in [0.2, 0.25) is 5.91 Å². The van der Waals surface area contributed by atoms with Crippen molar-refractivity contribution in [2.45, 2.75) is 70.3 Å². The highest BCUT2D eigenvalue weighted by Crippen LogP contribution is 2.39. The van der Waals surface area contributed by atoms with Crippen molar-refractivity contribution in [2.75, 3.05) is 13.1 Å². The second-order valence-corrected chi connectivity index (χ2v) is 9.07. The molecule has 1 amide bonds. The van der Waals surface area contributed by atoms with E-state index in [0.717, 1.165) is 25.9 Å². The van der Waals surface area contributed by atoms with Crippen LogP contribution in [0.25, 0.3) is 0 Å². The van der Waals surface area contributed by atoms with E-state index >= 15 is 0 Å². The standard InChI is InChI=1S/C21H31NO2/c1-20(2,3)18-7-5-15(6-8-18)16-9-11-22(12-10-16)19(23)17-13-21(4,24)14-17/h5-8,16-17,24H,9-14H2,1-4H3. The summed E-state index contributed by atoms with van der Waals surface area (Å²) in [6.45, 7) is 10.2. The fourth-order valence-corrected chi connectivity index (χ4v) is 4.12. The molecular weight excluding hydrogens is 298 g/mol. The van der Waals surface area contributed by atoms with E-state index < -0.39 is 5.60 Å². The van der Waals surface area contributed by atoms with E-state index in [0.29, 0.717) is 18.8 Å². The van der Waals surface area contributed by atoms with Crippen LogP contribution in [0.5, 0.6) is 0 Å². The van der Waals surface area contributed by atoms with Gasteiger partial charge in [-0.15, -0.1) is 0 Å². The minimum absolute atomic E-state index is 0.0441. The summed E-state index contributed by atoms with van der Waals surface area (Å²) in [5.41, 5.74) is 2.35. The van der Waals surface area contributed by atoms with Gasteiger partial charge < -0.3 is 10.0 Å². The number of amides is 1. The molecule has 0 atom stereocenters. The Morgan fingerprint density at radius 3 is 2.12 bits per heavy atom. The van der Waals surface area contributed by atoms with Crippen molar-refractivity contribution in [2.24, 2.45) is 5.92 Å². The first kappa shape index (κ1) is 17.5. The third-order valence-corrected chi connectivity index (χ3v) is 5.78. The van der Waals surface area contributed by atoms with E-state index in [1.165, 1.54) is 11.1 Å². The van der Waals surface area contributed by atoms with Gasteiger partial charge in [-0.3, -0.25) is 4.79 Å². The summed E-state index contributed by atoms with van der Waals surface area (Å²) in [6.07, 6.45) is 3.34. The van der Waals surface area contributed by atoms with Gasteiger partial charge in [0, 0.05) is 19.0 Å². The largest absolute Gasteiger partial charge is 0.390 e. The lowest BCUT2D eigenvalue weighted by molar-refractivity contribution is -0.150. The molecular formula is C21H31NO2. The number of aliphatic hydroxyl groups is 1. The molecule has 0 bridgehead atoms. The second kappa shape index (κ2) is 6.18. The van der Waals surface area contributed by atoms with Crippen LogP contribution in [0.2, 0.25) is 0 Å². The summed E-state index contributed by atoms with van der Waals surface area (Å²) in [5.74, 6) is 0.859. The van der Waals surface area contributed by atoms with Crippen LogP contribution in [0.4, 0.5) is 0 Å². The van der Waals surface area contributed by atoms with Crippen LogP contribution >= 0.6 is 0 Å². The van der Waals surface area contributed by atoms with E-state index in [1.54, 1.807) is 0 Å². The highest BCUT2D eigenvalue weighted by atomic mass is 16.3. The Balaban J connectivity index is 1.54. The molecule has 3 nitrogen and oxygen atoms in total. The molecule has 1 heterocycles. The number of piperidine rings is 1. The van der Waals surface area contributed by atoms with Gasteiger partial charge in [0.15, 0.2) is 0 Å². The van der Waals surface area contributed by atoms with Crippen molar-refractivity contribution in [3.05, 3.63) is 35.4 Å². The SMILES string of the molecule is CC1(O)CC(C(=O)N2CCC(c3ccc(C(C)(C)C)cc3)CC2)C1. The highest BCUT2D eigenvalue weighted by molar-refractivity contribution is 5.80. The average molecular weight is 329 g/mol. The Labute approximate surface area is 146 Å². The lowest BCUT2D eigenvalue weighted by atomic mass is 9.71. The third kappa shape index (κ3) is 3.66. The van der Waals surface area contributed by atoms with Gasteiger partial charge in [-0.05, 0) is 55.1 Å². The zero-order valence-electron chi connectivity index (χ0n) is 15.5. The summed E-state index contributed by atoms with van der Waals surface area (Å²) in [6, 6.07) is 9.05. The molecule has 0 aromatic heterocycles. The first-order valence-electron chi connectivity index (χ1n) is 9.27. The van der Waals surface area contributed by atoms with Gasteiger partial charge in [-0.1, -0.05) is 45.0 Å². The third-order valence-electron chi connectivity index (χ3n) is 5.78. The molecule has 3 rings (SSSR count). The Morgan fingerprint density at radius 2 is 1.67 bits per heavy atom. The molecule has 2 fully saturated rings. The van der Waals surface area contributed by atoms with Crippen LogP contribution in [0.3, 0.4) is 0 Å². The number of hydrogen-bond acceptors (Lipinski definition) is 2. The van der Waals surface area contributed by atoms with Crippen LogP contribution in [-0.4, -0.2) is 34.6 Å². The molecule has 0 spiro atoms. The quantitative estimate of drug-likeness (QED) is 0.895. The summed E-state index contributed by atoms with van der Waals surface area (Å²) in [4.78, 5) is 14.5. The zero-order valence-corrected chi connectivity index (χ0v) is 15.5. The Bertz CT molecular complexity index is 581. The summed E-state index contributed by atoms with van der Waals surface area (Å²) < 4.78 is 0. The number of rotatable bonds is 2. The van der Waals surface area contributed by atoms with Gasteiger partial charge in [0.25, 0.3) is 0 Å². The molecule has 24 heavy (non-hydrogen) atoms. The van der Waals surface area contributed by atoms with Gasteiger partial charge in [-0.2, -0.15) is 0 Å². The normalized spacial score (nSPS) is 28.5. The predicted octanol–water partition coefficient (Wildman–Crippen LogP) is 3.85. The minimum Gasteiger partial charge on any atom is -0.390 e. The van der Waals surface area contributed by atoms with E-state index in [4.69, 9.17) is 0 Å². The maximum atomic E-state index is 12.5. The fraction of sp³-hybridized carbons (Fsp3) is 0.667. The number of likely N-dealkylation sites (tertiary alicyclic amines) is 1. The van der Waals surface area contributed by atoms with Gasteiger partial charge >= 0.3 is 0 Å². The van der Waals surface area contributed by atoms with Crippen LogP contribution in [0.1, 0.15) is 70.4 Å². The fourth-order valence-electron chi connectivity index (χ4n) is 4.12. The summed E-state index contributed by atoms with van der Waals surface area (Å²) in [7, 11) is 0. The predicted molar refractivity (Wildman–Crippen MR) is 97.0 cm³/mol. The molecule has 1 N–H and O–H groups in total. The highest BCUT2D eigenvalue weighted by Gasteiger charge is 2.44. The molecule has 1 aliphatic carbocycles. The van der Waals surface area contributed by atoms with Gasteiger partial charge in [-0.25, -0.2) is 0 Å². The lowest BCUT2D eigenvalue weighted by Crippen LogP contribution is -2.51. The molecule has 0 unspecified atom stereocenters. The van der Waals surface area contributed by atoms with E-state index in [2.05, 4.69) is 45.0 Å². The van der Waals surface area contributed by atoms with Crippen molar-refractivity contribution in [3.63, 3.8) is 0 Å². The molecule has 1 aromatic carbocycles. The summed E-state index contributed by atoms with van der Waals surface area (Å²) >= 11 is 0. The number of benzene rings is 1. The first-order valence-corrected chi connectivity index (χ1v) is 9.27. The molecule has 3 heteroatoms. The van der Waals surface area contributed by atoms with Gasteiger partial charge in [0.05, 0.1) is 5.60 Å². The maximum absolute atomic E-state index is 12.5. The van der Waals surface area contributed by atoms with Crippen LogP contribution in [0.15, 0.2) is 24.3 Å². The molecule has 132 valence electrons. The van der Waals surface area contributed by atoms with Gasteiger partial charge in [0.1, 0.15) is 0 Å². The first-order chi connectivity index (χ1) is 11.2. The molecule has 1 saturated heterocycles. The number of hydrogen-bond donors (Lipinski definition) is 1. The van der Waals surface area contributed by atoms with E-state index in [1.807, 2.05) is 11.8 Å². The molecule has 0 radical (unpaired) electrons. The topological polar surface area (TPSA) is 40.5 Å². The van der Waals surface area contributed by atoms with Crippen molar-refractivity contribution in [1.29, 1.82) is 0 Å². The monoisotopic (exact) mass is 329 g/mol. The van der Waals surface area contributed by atoms with Crippen molar-refractivity contribution in [3.8, 4) is 0 Å². The summed E-state index contributed by atoms with van der Waals surface area (Å²) in [5, 5.41) is 9.83. The van der Waals surface area contributed by atoms with E-state index in [9.17, 15) is 9.90 Å². The van der Waals surface area contributed by atoms with Crippen LogP contribution in [0, 0.1) is 5.92 Å². The smallest absolute Gasteiger partial charge is 0.225 e. The zero-order chi connectivity index (χ0) is 17.5. The Hall–Kier alpha value is -1.35. The van der Waals surface area contributed by atoms with E-state index in [-0.39, 0.29) is 17.2 Å². The van der Waals surface area contributed by atoms with Crippen molar-refractivity contribution >= 4 is 5.91 Å². The maximum Gasteiger partial charge on any atom is 0.225 e. The molecule has 1 aromatic rings. The number of carbonyl (C=O) groups excluding carboxylic acids is 1. The Morgan fingerprint density at radius 1 is 1.12 bits per heavy atom. The lowest BCUT2D eigenvalue weighted by Gasteiger charge is -2.43. The minimum atomic E-state index is -0.618. The second-order valence-electron chi connectivity index (χ2n) is 9.07. The molecule has 2 aliphatic rings.